The van der Waals surface area contributed by atoms with Crippen molar-refractivity contribution in [3.8, 4) is 0 Å². The number of nitrogens with zero attached hydrogens (tertiary/aromatic N) is 1. The maximum atomic E-state index is 12.6. The Morgan fingerprint density at radius 2 is 1.80 bits per heavy atom. The van der Waals surface area contributed by atoms with Crippen LogP contribution in [0.25, 0.3) is 0 Å². The monoisotopic (exact) mass is 280 g/mol. The lowest BCUT2D eigenvalue weighted by Gasteiger charge is -2.18. The SMILES string of the molecule is CCNC(c1ccc(C(F)(F)F)cc1)c1ccccn1. The summed E-state index contributed by atoms with van der Waals surface area (Å²) in [7, 11) is 0. The summed E-state index contributed by atoms with van der Waals surface area (Å²) in [5.74, 6) is 0. The zero-order valence-electron chi connectivity index (χ0n) is 11.0. The van der Waals surface area contributed by atoms with Crippen LogP contribution in [0.2, 0.25) is 0 Å². The predicted molar refractivity (Wildman–Crippen MR) is 71.2 cm³/mol. The summed E-state index contributed by atoms with van der Waals surface area (Å²) in [5, 5.41) is 3.23. The van der Waals surface area contributed by atoms with Gasteiger partial charge in [0.25, 0.3) is 0 Å². The summed E-state index contributed by atoms with van der Waals surface area (Å²) >= 11 is 0. The minimum atomic E-state index is -4.31. The van der Waals surface area contributed by atoms with Crippen molar-refractivity contribution < 1.29 is 13.2 Å². The lowest BCUT2D eigenvalue weighted by Crippen LogP contribution is -2.23. The number of aromatic nitrogens is 1. The normalized spacial score (nSPS) is 13.2. The highest BCUT2D eigenvalue weighted by Crippen LogP contribution is 2.30. The Bertz CT molecular complexity index is 535. The Morgan fingerprint density at radius 1 is 1.10 bits per heavy atom. The smallest absolute Gasteiger partial charge is 0.305 e. The first-order chi connectivity index (χ1) is 9.52. The van der Waals surface area contributed by atoms with Crippen molar-refractivity contribution in [2.45, 2.75) is 19.1 Å². The first-order valence-electron chi connectivity index (χ1n) is 6.34. The number of rotatable bonds is 4. The molecule has 1 aromatic heterocycles. The summed E-state index contributed by atoms with van der Waals surface area (Å²) in [6, 6.07) is 10.5. The van der Waals surface area contributed by atoms with Gasteiger partial charge in [-0.05, 0) is 36.4 Å². The van der Waals surface area contributed by atoms with Gasteiger partial charge in [-0.3, -0.25) is 4.98 Å². The van der Waals surface area contributed by atoms with Crippen LogP contribution in [-0.2, 0) is 6.18 Å². The van der Waals surface area contributed by atoms with Crippen LogP contribution >= 0.6 is 0 Å². The molecule has 2 aromatic rings. The van der Waals surface area contributed by atoms with E-state index >= 15 is 0 Å². The van der Waals surface area contributed by atoms with Crippen molar-refractivity contribution in [2.24, 2.45) is 0 Å². The van der Waals surface area contributed by atoms with Crippen molar-refractivity contribution in [3.63, 3.8) is 0 Å². The standard InChI is InChI=1S/C15H15F3N2/c1-2-19-14(13-5-3-4-10-20-13)11-6-8-12(9-7-11)15(16,17)18/h3-10,14,19H,2H2,1H3. The number of benzene rings is 1. The van der Waals surface area contributed by atoms with Crippen LogP contribution in [0.4, 0.5) is 13.2 Å². The highest BCUT2D eigenvalue weighted by molar-refractivity contribution is 5.31. The van der Waals surface area contributed by atoms with Crippen LogP contribution in [-0.4, -0.2) is 11.5 Å². The van der Waals surface area contributed by atoms with Crippen molar-refractivity contribution in [1.82, 2.24) is 10.3 Å². The van der Waals surface area contributed by atoms with Crippen LogP contribution < -0.4 is 5.32 Å². The zero-order chi connectivity index (χ0) is 14.6. The first-order valence-corrected chi connectivity index (χ1v) is 6.34. The van der Waals surface area contributed by atoms with Gasteiger partial charge in [-0.25, -0.2) is 0 Å². The molecule has 0 amide bonds. The van der Waals surface area contributed by atoms with E-state index in [1.807, 2.05) is 19.1 Å². The number of hydrogen-bond donors (Lipinski definition) is 1. The van der Waals surface area contributed by atoms with Crippen LogP contribution in [0.5, 0.6) is 0 Å². The Labute approximate surface area is 115 Å². The maximum absolute atomic E-state index is 12.6. The Hall–Kier alpha value is -1.88. The van der Waals surface area contributed by atoms with Gasteiger partial charge in [0.1, 0.15) is 0 Å². The van der Waals surface area contributed by atoms with E-state index in [1.54, 1.807) is 12.3 Å². The molecule has 2 rings (SSSR count). The first kappa shape index (κ1) is 14.5. The van der Waals surface area contributed by atoms with Gasteiger partial charge in [0.05, 0.1) is 17.3 Å². The Kier molecular flexibility index (Phi) is 4.39. The second-order valence-corrected chi connectivity index (χ2v) is 4.37. The second kappa shape index (κ2) is 6.05. The number of hydrogen-bond acceptors (Lipinski definition) is 2. The highest BCUT2D eigenvalue weighted by Gasteiger charge is 2.30. The molecule has 0 aliphatic carbocycles. The van der Waals surface area contributed by atoms with E-state index in [2.05, 4.69) is 10.3 Å². The summed E-state index contributed by atoms with van der Waals surface area (Å²) in [5.41, 5.74) is 0.908. The molecular weight excluding hydrogens is 265 g/mol. The molecule has 0 spiro atoms. The molecule has 0 radical (unpaired) electrons. The molecule has 0 saturated carbocycles. The summed E-state index contributed by atoms with van der Waals surface area (Å²) in [4.78, 5) is 4.26. The molecule has 1 aromatic carbocycles. The Morgan fingerprint density at radius 3 is 2.30 bits per heavy atom. The van der Waals surface area contributed by atoms with Crippen molar-refractivity contribution in [3.05, 3.63) is 65.5 Å². The van der Waals surface area contributed by atoms with Crippen molar-refractivity contribution in [2.75, 3.05) is 6.54 Å². The molecule has 1 N–H and O–H groups in total. The fraction of sp³-hybridized carbons (Fsp3) is 0.267. The van der Waals surface area contributed by atoms with Gasteiger partial charge in [0.15, 0.2) is 0 Å². The molecule has 5 heteroatoms. The lowest BCUT2D eigenvalue weighted by molar-refractivity contribution is -0.137. The quantitative estimate of drug-likeness (QED) is 0.921. The number of halogens is 3. The molecule has 1 unspecified atom stereocenters. The summed E-state index contributed by atoms with van der Waals surface area (Å²) in [6.07, 6.45) is -2.64. The summed E-state index contributed by atoms with van der Waals surface area (Å²) in [6.45, 7) is 2.64. The molecule has 0 aliphatic rings. The van der Waals surface area contributed by atoms with E-state index < -0.39 is 11.7 Å². The fourth-order valence-electron chi connectivity index (χ4n) is 2.01. The number of nitrogens with one attached hydrogen (secondary N) is 1. The molecule has 1 heterocycles. The van der Waals surface area contributed by atoms with E-state index in [-0.39, 0.29) is 6.04 Å². The van der Waals surface area contributed by atoms with Gasteiger partial charge < -0.3 is 5.32 Å². The zero-order valence-corrected chi connectivity index (χ0v) is 11.0. The van der Waals surface area contributed by atoms with Gasteiger partial charge >= 0.3 is 6.18 Å². The number of alkyl halides is 3. The number of pyridine rings is 1. The molecule has 106 valence electrons. The van der Waals surface area contributed by atoms with E-state index in [0.29, 0.717) is 6.54 Å². The van der Waals surface area contributed by atoms with Gasteiger partial charge in [0, 0.05) is 6.20 Å². The average Bonchev–Trinajstić information content (AvgIpc) is 2.45. The third kappa shape index (κ3) is 3.36. The maximum Gasteiger partial charge on any atom is 0.416 e. The molecule has 0 saturated heterocycles. The van der Waals surface area contributed by atoms with Gasteiger partial charge in [-0.15, -0.1) is 0 Å². The van der Waals surface area contributed by atoms with Crippen molar-refractivity contribution >= 4 is 0 Å². The lowest BCUT2D eigenvalue weighted by atomic mass is 10.0. The summed E-state index contributed by atoms with van der Waals surface area (Å²) < 4.78 is 37.7. The molecule has 0 bridgehead atoms. The minimum Gasteiger partial charge on any atom is -0.305 e. The average molecular weight is 280 g/mol. The van der Waals surface area contributed by atoms with E-state index in [0.717, 1.165) is 23.4 Å². The third-order valence-corrected chi connectivity index (χ3v) is 2.96. The Balaban J connectivity index is 2.31. The van der Waals surface area contributed by atoms with E-state index in [4.69, 9.17) is 0 Å². The molecule has 0 aliphatic heterocycles. The molecule has 20 heavy (non-hydrogen) atoms. The van der Waals surface area contributed by atoms with Crippen LogP contribution in [0.15, 0.2) is 48.7 Å². The van der Waals surface area contributed by atoms with Gasteiger partial charge in [-0.1, -0.05) is 25.1 Å². The third-order valence-electron chi connectivity index (χ3n) is 2.96. The topological polar surface area (TPSA) is 24.9 Å². The molecule has 0 fully saturated rings. The fourth-order valence-corrected chi connectivity index (χ4v) is 2.01. The molecule has 2 nitrogen and oxygen atoms in total. The van der Waals surface area contributed by atoms with Crippen LogP contribution in [0.3, 0.4) is 0 Å². The van der Waals surface area contributed by atoms with Gasteiger partial charge in [0.2, 0.25) is 0 Å². The van der Waals surface area contributed by atoms with E-state index in [1.165, 1.54) is 12.1 Å². The van der Waals surface area contributed by atoms with Crippen LogP contribution in [0.1, 0.15) is 29.8 Å². The predicted octanol–water partition coefficient (Wildman–Crippen LogP) is 3.80. The van der Waals surface area contributed by atoms with Gasteiger partial charge in [-0.2, -0.15) is 13.2 Å². The van der Waals surface area contributed by atoms with E-state index in [9.17, 15) is 13.2 Å². The largest absolute Gasteiger partial charge is 0.416 e. The molecule has 1 atom stereocenters. The highest BCUT2D eigenvalue weighted by atomic mass is 19.4. The second-order valence-electron chi connectivity index (χ2n) is 4.37. The van der Waals surface area contributed by atoms with Crippen molar-refractivity contribution in [1.29, 1.82) is 0 Å². The minimum absolute atomic E-state index is 0.205. The van der Waals surface area contributed by atoms with Crippen LogP contribution in [0, 0.1) is 0 Å². The molecular formula is C15H15F3N2.